The summed E-state index contributed by atoms with van der Waals surface area (Å²) in [5.74, 6) is -28.1. The fourth-order valence-corrected chi connectivity index (χ4v) is 2.33. The van der Waals surface area contributed by atoms with Crippen molar-refractivity contribution in [3.05, 3.63) is 29.8 Å². The van der Waals surface area contributed by atoms with Gasteiger partial charge in [-0.1, -0.05) is 12.1 Å². The average Bonchev–Trinajstić information content (AvgIpc) is 2.53. The molecule has 1 atom stereocenters. The molecular formula is C16H15F11O2. The molecule has 0 aromatic heterocycles. The molecule has 0 aliphatic heterocycles. The lowest BCUT2D eigenvalue weighted by molar-refractivity contribution is -0.424. The van der Waals surface area contributed by atoms with E-state index in [4.69, 9.17) is 4.74 Å². The molecule has 168 valence electrons. The molecule has 0 aliphatic carbocycles. The molecule has 1 unspecified atom stereocenters. The van der Waals surface area contributed by atoms with Crippen LogP contribution in [0.1, 0.15) is 25.8 Å². The molecule has 0 saturated heterocycles. The van der Waals surface area contributed by atoms with Crippen LogP contribution in [0.15, 0.2) is 24.3 Å². The predicted octanol–water partition coefficient (Wildman–Crippen LogP) is 5.79. The molecule has 1 N–H and O–H groups in total. The number of aliphatic hydroxyl groups is 1. The van der Waals surface area contributed by atoms with E-state index >= 15 is 0 Å². The van der Waals surface area contributed by atoms with Crippen LogP contribution in [0.5, 0.6) is 5.75 Å². The zero-order valence-corrected chi connectivity index (χ0v) is 14.7. The minimum Gasteiger partial charge on any atom is -0.494 e. The van der Waals surface area contributed by atoms with E-state index in [-0.39, 0.29) is 12.4 Å². The Balaban J connectivity index is 3.27. The molecule has 2 nitrogen and oxygen atoms in total. The van der Waals surface area contributed by atoms with E-state index in [2.05, 4.69) is 0 Å². The van der Waals surface area contributed by atoms with Crippen molar-refractivity contribution in [1.29, 1.82) is 0 Å². The fourth-order valence-electron chi connectivity index (χ4n) is 2.33. The Labute approximate surface area is 157 Å². The summed E-state index contributed by atoms with van der Waals surface area (Å²) in [7, 11) is 0. The van der Waals surface area contributed by atoms with Gasteiger partial charge in [0.05, 0.1) is 18.6 Å². The van der Waals surface area contributed by atoms with Crippen LogP contribution in [-0.2, 0) is 5.60 Å². The highest BCUT2D eigenvalue weighted by atomic mass is 19.4. The van der Waals surface area contributed by atoms with Crippen molar-refractivity contribution in [3.8, 4) is 5.75 Å². The number of hydrogen-bond acceptors (Lipinski definition) is 2. The summed E-state index contributed by atoms with van der Waals surface area (Å²) in [5, 5.41) is 10.0. The Hall–Kier alpha value is -1.79. The highest BCUT2D eigenvalue weighted by Crippen LogP contribution is 2.59. The lowest BCUT2D eigenvalue weighted by Gasteiger charge is -2.39. The molecule has 0 heterocycles. The standard InChI is InChI=1S/C16H15F11O2/c1-3-29-10-6-4-9(5-7-10)11(2,28)8-12(17,18)13(19,20)14(21,22)15(23,24)16(25,26)27/h4-7,28H,3,8H2,1-2H3. The van der Waals surface area contributed by atoms with Gasteiger partial charge in [-0.2, -0.15) is 48.3 Å². The summed E-state index contributed by atoms with van der Waals surface area (Å²) in [6.07, 6.45) is -9.81. The number of ether oxygens (including phenoxy) is 1. The van der Waals surface area contributed by atoms with Crippen LogP contribution in [-0.4, -0.2) is 41.6 Å². The van der Waals surface area contributed by atoms with E-state index < -0.39 is 47.5 Å². The van der Waals surface area contributed by atoms with Crippen LogP contribution in [0.3, 0.4) is 0 Å². The SMILES string of the molecule is CCOc1ccc(C(C)(O)CC(F)(F)C(F)(F)C(F)(F)C(F)(F)C(F)(F)F)cc1. The van der Waals surface area contributed by atoms with Gasteiger partial charge in [0.1, 0.15) is 5.75 Å². The quantitative estimate of drug-likeness (QED) is 0.511. The second-order valence-electron chi connectivity index (χ2n) is 6.33. The van der Waals surface area contributed by atoms with Crippen molar-refractivity contribution in [3.63, 3.8) is 0 Å². The van der Waals surface area contributed by atoms with Gasteiger partial charge >= 0.3 is 29.9 Å². The summed E-state index contributed by atoms with van der Waals surface area (Å²) >= 11 is 0. The van der Waals surface area contributed by atoms with Gasteiger partial charge in [0.15, 0.2) is 0 Å². The van der Waals surface area contributed by atoms with Gasteiger partial charge < -0.3 is 9.84 Å². The van der Waals surface area contributed by atoms with Crippen molar-refractivity contribution < 1.29 is 58.1 Å². The van der Waals surface area contributed by atoms with Crippen LogP contribution in [0.2, 0.25) is 0 Å². The highest BCUT2D eigenvalue weighted by molar-refractivity contribution is 5.31. The molecular weight excluding hydrogens is 433 g/mol. The van der Waals surface area contributed by atoms with Gasteiger partial charge in [-0.25, -0.2) is 0 Å². The van der Waals surface area contributed by atoms with Gasteiger partial charge in [-0.15, -0.1) is 0 Å². The molecule has 0 spiro atoms. The lowest BCUT2D eigenvalue weighted by Crippen LogP contribution is -2.67. The minimum atomic E-state index is -7.50. The monoisotopic (exact) mass is 448 g/mol. The third kappa shape index (κ3) is 4.38. The van der Waals surface area contributed by atoms with Gasteiger partial charge in [0.2, 0.25) is 0 Å². The molecule has 0 fully saturated rings. The Morgan fingerprint density at radius 1 is 0.759 bits per heavy atom. The van der Waals surface area contributed by atoms with E-state index in [9.17, 15) is 53.4 Å². The first-order valence-electron chi connectivity index (χ1n) is 7.78. The van der Waals surface area contributed by atoms with Crippen molar-refractivity contribution in [2.24, 2.45) is 0 Å². The maximum atomic E-state index is 13.9. The zero-order valence-electron chi connectivity index (χ0n) is 14.7. The molecule has 0 aliphatic rings. The molecule has 1 aromatic rings. The largest absolute Gasteiger partial charge is 0.494 e. The Morgan fingerprint density at radius 2 is 1.21 bits per heavy atom. The summed E-state index contributed by atoms with van der Waals surface area (Å²) < 4.78 is 148. The first-order valence-corrected chi connectivity index (χ1v) is 7.78. The van der Waals surface area contributed by atoms with Crippen LogP contribution in [0.25, 0.3) is 0 Å². The molecule has 1 rings (SSSR count). The van der Waals surface area contributed by atoms with E-state index in [1.165, 1.54) is 0 Å². The van der Waals surface area contributed by atoms with E-state index in [0.29, 0.717) is 6.92 Å². The molecule has 0 amide bonds. The maximum Gasteiger partial charge on any atom is 0.460 e. The van der Waals surface area contributed by atoms with Crippen molar-refractivity contribution >= 4 is 0 Å². The summed E-state index contributed by atoms with van der Waals surface area (Å²) in [6, 6.07) is 4.02. The highest BCUT2D eigenvalue weighted by Gasteiger charge is 2.87. The van der Waals surface area contributed by atoms with Crippen LogP contribution in [0, 0.1) is 0 Å². The second-order valence-corrected chi connectivity index (χ2v) is 6.33. The van der Waals surface area contributed by atoms with Crippen molar-refractivity contribution in [2.45, 2.75) is 55.7 Å². The lowest BCUT2D eigenvalue weighted by atomic mass is 9.85. The summed E-state index contributed by atoms with van der Waals surface area (Å²) in [6.45, 7) is 2.25. The number of rotatable bonds is 8. The maximum absolute atomic E-state index is 13.9. The van der Waals surface area contributed by atoms with E-state index in [1.54, 1.807) is 6.92 Å². The Bertz CT molecular complexity index is 694. The summed E-state index contributed by atoms with van der Waals surface area (Å²) in [4.78, 5) is 0. The van der Waals surface area contributed by atoms with E-state index in [0.717, 1.165) is 24.3 Å². The molecule has 0 radical (unpaired) electrons. The second kappa shape index (κ2) is 7.47. The predicted molar refractivity (Wildman–Crippen MR) is 77.6 cm³/mol. The van der Waals surface area contributed by atoms with Gasteiger partial charge in [-0.05, 0) is 31.5 Å². The van der Waals surface area contributed by atoms with E-state index in [1.807, 2.05) is 0 Å². The van der Waals surface area contributed by atoms with Crippen LogP contribution in [0.4, 0.5) is 48.3 Å². The zero-order chi connectivity index (χ0) is 23.1. The molecule has 0 bridgehead atoms. The number of benzene rings is 1. The van der Waals surface area contributed by atoms with Crippen LogP contribution < -0.4 is 4.74 Å². The Kier molecular flexibility index (Phi) is 6.51. The van der Waals surface area contributed by atoms with Crippen LogP contribution >= 0.6 is 0 Å². The van der Waals surface area contributed by atoms with Gasteiger partial charge in [0, 0.05) is 0 Å². The molecule has 29 heavy (non-hydrogen) atoms. The van der Waals surface area contributed by atoms with Gasteiger partial charge in [0.25, 0.3) is 0 Å². The first-order chi connectivity index (χ1) is 12.7. The minimum absolute atomic E-state index is 0.167. The molecule has 13 heteroatoms. The molecule has 1 aromatic carbocycles. The van der Waals surface area contributed by atoms with Gasteiger partial charge in [-0.3, -0.25) is 0 Å². The smallest absolute Gasteiger partial charge is 0.460 e. The normalized spacial score (nSPS) is 16.5. The first kappa shape index (κ1) is 25.2. The topological polar surface area (TPSA) is 29.5 Å². The number of halogens is 11. The van der Waals surface area contributed by atoms with Crippen molar-refractivity contribution in [2.75, 3.05) is 6.61 Å². The fraction of sp³-hybridized carbons (Fsp3) is 0.625. The molecule has 0 saturated carbocycles. The Morgan fingerprint density at radius 3 is 1.59 bits per heavy atom. The van der Waals surface area contributed by atoms with Crippen molar-refractivity contribution in [1.82, 2.24) is 0 Å². The number of alkyl halides is 11. The third-order valence-electron chi connectivity index (χ3n) is 3.96. The number of hydrogen-bond donors (Lipinski definition) is 1. The summed E-state index contributed by atoms with van der Waals surface area (Å²) in [5.41, 5.74) is -3.52. The third-order valence-corrected chi connectivity index (χ3v) is 3.96. The average molecular weight is 448 g/mol.